The number of hydrazine groups is 1. The van der Waals surface area contributed by atoms with Crippen molar-refractivity contribution in [2.75, 3.05) is 5.43 Å². The van der Waals surface area contributed by atoms with Gasteiger partial charge < -0.3 is 11.2 Å². The van der Waals surface area contributed by atoms with Gasteiger partial charge in [0.2, 0.25) is 0 Å². The first-order chi connectivity index (χ1) is 5.55. The number of hydrogen-bond acceptors (Lipinski definition) is 3. The second kappa shape index (κ2) is 3.13. The maximum absolute atomic E-state index is 5.94. The van der Waals surface area contributed by atoms with Gasteiger partial charge >= 0.3 is 0 Å². The molecule has 0 aliphatic rings. The van der Waals surface area contributed by atoms with Crippen LogP contribution < -0.4 is 17.0 Å². The van der Waals surface area contributed by atoms with Crippen molar-refractivity contribution in [1.29, 1.82) is 0 Å². The molecule has 3 nitrogen and oxygen atoms in total. The van der Waals surface area contributed by atoms with Crippen LogP contribution >= 0.6 is 0 Å². The van der Waals surface area contributed by atoms with Crippen LogP contribution in [0.4, 0.5) is 5.69 Å². The van der Waals surface area contributed by atoms with E-state index in [9.17, 15) is 0 Å². The van der Waals surface area contributed by atoms with Crippen molar-refractivity contribution in [3.63, 3.8) is 0 Å². The number of rotatable bonds is 2. The highest BCUT2D eigenvalue weighted by molar-refractivity contribution is 5.52. The van der Waals surface area contributed by atoms with Gasteiger partial charge in [-0.3, -0.25) is 5.84 Å². The highest BCUT2D eigenvalue weighted by Crippen LogP contribution is 2.24. The van der Waals surface area contributed by atoms with E-state index in [1.807, 2.05) is 38.1 Å². The van der Waals surface area contributed by atoms with E-state index < -0.39 is 0 Å². The van der Waals surface area contributed by atoms with Crippen molar-refractivity contribution < 1.29 is 0 Å². The maximum Gasteiger partial charge on any atom is 0.0535 e. The van der Waals surface area contributed by atoms with E-state index in [2.05, 4.69) is 5.43 Å². The molecule has 1 rings (SSSR count). The van der Waals surface area contributed by atoms with Crippen molar-refractivity contribution >= 4 is 5.69 Å². The van der Waals surface area contributed by atoms with E-state index >= 15 is 0 Å². The second-order valence-corrected chi connectivity index (χ2v) is 3.41. The summed E-state index contributed by atoms with van der Waals surface area (Å²) >= 11 is 0. The number of nitrogen functional groups attached to an aromatic ring is 1. The van der Waals surface area contributed by atoms with E-state index in [4.69, 9.17) is 11.6 Å². The van der Waals surface area contributed by atoms with E-state index in [0.29, 0.717) is 0 Å². The molecule has 0 bridgehead atoms. The topological polar surface area (TPSA) is 64.1 Å². The zero-order valence-corrected chi connectivity index (χ0v) is 7.46. The van der Waals surface area contributed by atoms with Gasteiger partial charge in [0.05, 0.1) is 5.69 Å². The van der Waals surface area contributed by atoms with E-state index in [-0.39, 0.29) is 5.54 Å². The molecule has 0 amide bonds. The first-order valence-electron chi connectivity index (χ1n) is 3.90. The minimum Gasteiger partial charge on any atom is -0.324 e. The van der Waals surface area contributed by atoms with Gasteiger partial charge in [-0.25, -0.2) is 0 Å². The van der Waals surface area contributed by atoms with E-state index in [1.54, 1.807) is 0 Å². The molecule has 0 radical (unpaired) electrons. The molecule has 0 heterocycles. The van der Waals surface area contributed by atoms with Gasteiger partial charge in [0.15, 0.2) is 0 Å². The molecule has 3 heteroatoms. The Morgan fingerprint density at radius 3 is 2.25 bits per heavy atom. The highest BCUT2D eigenvalue weighted by atomic mass is 15.2. The number of benzene rings is 1. The molecule has 12 heavy (non-hydrogen) atoms. The summed E-state index contributed by atoms with van der Waals surface area (Å²) in [6.07, 6.45) is 0. The summed E-state index contributed by atoms with van der Waals surface area (Å²) in [6.45, 7) is 3.90. The molecule has 0 fully saturated rings. The van der Waals surface area contributed by atoms with Crippen LogP contribution in [0.5, 0.6) is 0 Å². The Bertz CT molecular complexity index is 263. The van der Waals surface area contributed by atoms with Crippen LogP contribution in [0.2, 0.25) is 0 Å². The molecule has 1 aromatic rings. The fourth-order valence-corrected chi connectivity index (χ4v) is 1.17. The van der Waals surface area contributed by atoms with E-state index in [0.717, 1.165) is 11.3 Å². The Labute approximate surface area is 72.7 Å². The van der Waals surface area contributed by atoms with Crippen LogP contribution in [-0.2, 0) is 5.54 Å². The molecule has 0 spiro atoms. The first-order valence-corrected chi connectivity index (χ1v) is 3.90. The van der Waals surface area contributed by atoms with Crippen molar-refractivity contribution in [1.82, 2.24) is 0 Å². The van der Waals surface area contributed by atoms with Crippen molar-refractivity contribution in [3.05, 3.63) is 29.8 Å². The summed E-state index contributed by atoms with van der Waals surface area (Å²) in [6, 6.07) is 7.74. The third kappa shape index (κ3) is 1.75. The number of nitrogens with two attached hydrogens (primary N) is 2. The number of para-hydroxylation sites is 1. The van der Waals surface area contributed by atoms with Crippen LogP contribution in [0.3, 0.4) is 0 Å². The van der Waals surface area contributed by atoms with Gasteiger partial charge in [0.1, 0.15) is 0 Å². The van der Waals surface area contributed by atoms with E-state index in [1.165, 1.54) is 0 Å². The lowest BCUT2D eigenvalue weighted by Crippen LogP contribution is -2.30. The Kier molecular flexibility index (Phi) is 2.35. The van der Waals surface area contributed by atoms with Gasteiger partial charge in [0, 0.05) is 5.54 Å². The summed E-state index contributed by atoms with van der Waals surface area (Å²) in [5, 5.41) is 0. The fraction of sp³-hybridized carbons (Fsp3) is 0.333. The van der Waals surface area contributed by atoms with Gasteiger partial charge in [0.25, 0.3) is 0 Å². The monoisotopic (exact) mass is 165 g/mol. The Morgan fingerprint density at radius 1 is 1.25 bits per heavy atom. The molecule has 0 saturated heterocycles. The minimum absolute atomic E-state index is 0.358. The molecule has 5 N–H and O–H groups in total. The van der Waals surface area contributed by atoms with Crippen molar-refractivity contribution in [2.45, 2.75) is 19.4 Å². The summed E-state index contributed by atoms with van der Waals surface area (Å²) in [5.41, 5.74) is 10.1. The van der Waals surface area contributed by atoms with Gasteiger partial charge in [-0.1, -0.05) is 18.2 Å². The average molecular weight is 165 g/mol. The smallest absolute Gasteiger partial charge is 0.0535 e. The number of anilines is 1. The number of nitrogens with one attached hydrogen (secondary N) is 1. The Morgan fingerprint density at radius 2 is 1.83 bits per heavy atom. The van der Waals surface area contributed by atoms with Crippen LogP contribution in [0.25, 0.3) is 0 Å². The fourth-order valence-electron chi connectivity index (χ4n) is 1.17. The predicted octanol–water partition coefficient (Wildman–Crippen LogP) is 1.17. The molecular weight excluding hydrogens is 150 g/mol. The largest absolute Gasteiger partial charge is 0.324 e. The standard InChI is InChI=1S/C9H15N3/c1-9(2,10)7-5-3-4-6-8(7)12-11/h3-6,12H,10-11H2,1-2H3. The third-order valence-corrected chi connectivity index (χ3v) is 1.78. The third-order valence-electron chi connectivity index (χ3n) is 1.78. The lowest BCUT2D eigenvalue weighted by atomic mass is 9.94. The van der Waals surface area contributed by atoms with Crippen LogP contribution in [0, 0.1) is 0 Å². The summed E-state index contributed by atoms with van der Waals surface area (Å²) in [5.74, 6) is 5.34. The zero-order chi connectivity index (χ0) is 9.19. The maximum atomic E-state index is 5.94. The normalized spacial score (nSPS) is 11.3. The first kappa shape index (κ1) is 9.03. The van der Waals surface area contributed by atoms with Crippen molar-refractivity contribution in [2.24, 2.45) is 11.6 Å². The zero-order valence-electron chi connectivity index (χ0n) is 7.46. The SMILES string of the molecule is CC(C)(N)c1ccccc1NN. The molecule has 0 unspecified atom stereocenters. The molecule has 0 saturated carbocycles. The van der Waals surface area contributed by atoms with Crippen LogP contribution in [-0.4, -0.2) is 0 Å². The molecule has 1 aromatic carbocycles. The predicted molar refractivity (Wildman–Crippen MR) is 51.5 cm³/mol. The quantitative estimate of drug-likeness (QED) is 0.455. The molecule has 0 aliphatic heterocycles. The van der Waals surface area contributed by atoms with Gasteiger partial charge in [-0.15, -0.1) is 0 Å². The summed E-state index contributed by atoms with van der Waals surface area (Å²) in [4.78, 5) is 0. The molecule has 66 valence electrons. The molecule has 0 atom stereocenters. The van der Waals surface area contributed by atoms with Crippen molar-refractivity contribution in [3.8, 4) is 0 Å². The highest BCUT2D eigenvalue weighted by Gasteiger charge is 2.16. The summed E-state index contributed by atoms with van der Waals surface area (Å²) in [7, 11) is 0. The lowest BCUT2D eigenvalue weighted by Gasteiger charge is -2.22. The second-order valence-electron chi connectivity index (χ2n) is 3.41. The number of hydrogen-bond donors (Lipinski definition) is 3. The Balaban J connectivity index is 3.14. The molecular formula is C9H15N3. The molecule has 0 aliphatic carbocycles. The van der Waals surface area contributed by atoms with Gasteiger partial charge in [-0.05, 0) is 25.5 Å². The average Bonchev–Trinajstić information content (AvgIpc) is 2.03. The Hall–Kier alpha value is -1.06. The minimum atomic E-state index is -0.358. The molecule has 0 aromatic heterocycles. The van der Waals surface area contributed by atoms with Crippen LogP contribution in [0.15, 0.2) is 24.3 Å². The van der Waals surface area contributed by atoms with Crippen LogP contribution in [0.1, 0.15) is 19.4 Å². The lowest BCUT2D eigenvalue weighted by molar-refractivity contribution is 0.556. The van der Waals surface area contributed by atoms with Gasteiger partial charge in [-0.2, -0.15) is 0 Å². The summed E-state index contributed by atoms with van der Waals surface area (Å²) < 4.78 is 0.